The highest BCUT2D eigenvalue weighted by Gasteiger charge is 2.33. The van der Waals surface area contributed by atoms with Gasteiger partial charge in [0.25, 0.3) is 0 Å². The van der Waals surface area contributed by atoms with Crippen LogP contribution in [0.3, 0.4) is 0 Å². The van der Waals surface area contributed by atoms with Crippen molar-refractivity contribution >= 4 is 5.97 Å². The minimum atomic E-state index is -0.576. The van der Waals surface area contributed by atoms with E-state index in [0.29, 0.717) is 46.1 Å². The number of unbranched alkanes of at least 4 members (excludes halogenated alkanes) is 4. The molecule has 0 spiro atoms. The van der Waals surface area contributed by atoms with Crippen LogP contribution in [0.5, 0.6) is 0 Å². The van der Waals surface area contributed by atoms with Gasteiger partial charge in [-0.05, 0) is 6.42 Å². The summed E-state index contributed by atoms with van der Waals surface area (Å²) < 4.78 is 22.5. The lowest BCUT2D eigenvalue weighted by atomic mass is 9.92. The Morgan fingerprint density at radius 3 is 1.70 bits per heavy atom. The van der Waals surface area contributed by atoms with Gasteiger partial charge in [-0.2, -0.15) is 0 Å². The topological polar surface area (TPSA) is 54.0 Å². The highest BCUT2D eigenvalue weighted by Crippen LogP contribution is 2.21. The number of carbonyl (C=O) groups excluding carboxylic acids is 1. The van der Waals surface area contributed by atoms with Crippen LogP contribution in [-0.4, -0.2) is 52.2 Å². The van der Waals surface area contributed by atoms with E-state index in [1.54, 1.807) is 18.2 Å². The third kappa shape index (κ3) is 14.3. The van der Waals surface area contributed by atoms with Crippen molar-refractivity contribution in [1.29, 1.82) is 0 Å². The molecular formula is C22H38O5. The highest BCUT2D eigenvalue weighted by atomic mass is 16.5. The first-order valence-corrected chi connectivity index (χ1v) is 9.85. The summed E-state index contributed by atoms with van der Waals surface area (Å²) in [5.74, 6) is -0.188. The lowest BCUT2D eigenvalue weighted by Crippen LogP contribution is -2.42. The van der Waals surface area contributed by atoms with Gasteiger partial charge < -0.3 is 18.9 Å². The predicted octanol–water partition coefficient (Wildman–Crippen LogP) is 4.48. The normalized spacial score (nSPS) is 11.1. The summed E-state index contributed by atoms with van der Waals surface area (Å²) in [5.41, 5.74) is -0.576. The second-order valence-corrected chi connectivity index (χ2v) is 6.74. The van der Waals surface area contributed by atoms with Crippen molar-refractivity contribution in [3.8, 4) is 0 Å². The number of esters is 1. The molecule has 156 valence electrons. The Morgan fingerprint density at radius 2 is 1.26 bits per heavy atom. The Balaban J connectivity index is 4.67. The van der Waals surface area contributed by atoms with E-state index in [0.717, 1.165) is 19.3 Å². The molecular weight excluding hydrogens is 344 g/mol. The molecule has 0 atom stereocenters. The molecule has 0 bridgehead atoms. The van der Waals surface area contributed by atoms with Crippen LogP contribution in [0.15, 0.2) is 38.0 Å². The Bertz CT molecular complexity index is 369. The molecule has 0 aliphatic heterocycles. The summed E-state index contributed by atoms with van der Waals surface area (Å²) in [6, 6.07) is 0. The number of carbonyl (C=O) groups is 1. The summed E-state index contributed by atoms with van der Waals surface area (Å²) in [4.78, 5) is 12.1. The van der Waals surface area contributed by atoms with Crippen LogP contribution < -0.4 is 0 Å². The van der Waals surface area contributed by atoms with Gasteiger partial charge in [0.15, 0.2) is 0 Å². The van der Waals surface area contributed by atoms with E-state index in [1.807, 2.05) is 0 Å². The van der Waals surface area contributed by atoms with E-state index in [-0.39, 0.29) is 12.6 Å². The zero-order chi connectivity index (χ0) is 20.2. The second kappa shape index (κ2) is 18.0. The van der Waals surface area contributed by atoms with Crippen molar-refractivity contribution in [2.45, 2.75) is 45.4 Å². The molecule has 0 unspecified atom stereocenters. The molecule has 0 rings (SSSR count). The standard InChI is InChI=1S/C22H38O5/c1-5-9-10-11-12-13-21(23)27-20-22(17-24-14-6-2,18-25-15-7-3)19-26-16-8-4/h6-8H,2-5,9-20H2,1H3. The van der Waals surface area contributed by atoms with Gasteiger partial charge in [0.2, 0.25) is 0 Å². The summed E-state index contributed by atoms with van der Waals surface area (Å²) in [6.45, 7) is 15.6. The monoisotopic (exact) mass is 382 g/mol. The van der Waals surface area contributed by atoms with Crippen LogP contribution in [0.1, 0.15) is 45.4 Å². The van der Waals surface area contributed by atoms with E-state index in [9.17, 15) is 4.79 Å². The first-order chi connectivity index (χ1) is 13.1. The quantitative estimate of drug-likeness (QED) is 0.176. The smallest absolute Gasteiger partial charge is 0.305 e. The SMILES string of the molecule is C=CCOCC(COCC=C)(COCC=C)COC(=O)CCCCCCC. The fraction of sp³-hybridized carbons (Fsp3) is 0.682. The maximum atomic E-state index is 12.1. The van der Waals surface area contributed by atoms with Crippen LogP contribution in [0.2, 0.25) is 0 Å². The highest BCUT2D eigenvalue weighted by molar-refractivity contribution is 5.69. The molecule has 0 radical (unpaired) electrons. The number of ether oxygens (including phenoxy) is 4. The van der Waals surface area contributed by atoms with Crippen molar-refractivity contribution in [1.82, 2.24) is 0 Å². The number of hydrogen-bond donors (Lipinski definition) is 0. The summed E-state index contributed by atoms with van der Waals surface area (Å²) >= 11 is 0. The van der Waals surface area contributed by atoms with Gasteiger partial charge >= 0.3 is 5.97 Å². The molecule has 0 aromatic heterocycles. The third-order valence-corrected chi connectivity index (χ3v) is 3.96. The van der Waals surface area contributed by atoms with E-state index in [4.69, 9.17) is 18.9 Å². The van der Waals surface area contributed by atoms with Crippen LogP contribution >= 0.6 is 0 Å². The first kappa shape index (κ1) is 25.6. The van der Waals surface area contributed by atoms with E-state index in [1.165, 1.54) is 12.8 Å². The van der Waals surface area contributed by atoms with E-state index in [2.05, 4.69) is 26.7 Å². The maximum absolute atomic E-state index is 12.1. The van der Waals surface area contributed by atoms with Crippen molar-refractivity contribution < 1.29 is 23.7 Å². The molecule has 0 saturated carbocycles. The number of rotatable bonds is 20. The van der Waals surface area contributed by atoms with Gasteiger partial charge in [-0.1, -0.05) is 50.8 Å². The molecule has 0 saturated heterocycles. The fourth-order valence-corrected chi connectivity index (χ4v) is 2.50. The van der Waals surface area contributed by atoms with Gasteiger partial charge in [0.05, 0.1) is 45.1 Å². The Labute approximate surface area is 165 Å². The van der Waals surface area contributed by atoms with Gasteiger partial charge in [0.1, 0.15) is 6.61 Å². The molecule has 0 N–H and O–H groups in total. The molecule has 0 aromatic rings. The summed E-state index contributed by atoms with van der Waals surface area (Å²) in [5, 5.41) is 0. The maximum Gasteiger partial charge on any atom is 0.305 e. The summed E-state index contributed by atoms with van der Waals surface area (Å²) in [7, 11) is 0. The van der Waals surface area contributed by atoms with Crippen LogP contribution in [-0.2, 0) is 23.7 Å². The lowest BCUT2D eigenvalue weighted by Gasteiger charge is -2.32. The van der Waals surface area contributed by atoms with Crippen molar-refractivity contribution in [3.63, 3.8) is 0 Å². The Kier molecular flexibility index (Phi) is 17.0. The van der Waals surface area contributed by atoms with Crippen molar-refractivity contribution in [3.05, 3.63) is 38.0 Å². The zero-order valence-corrected chi connectivity index (χ0v) is 17.1. The Morgan fingerprint density at radius 1 is 0.778 bits per heavy atom. The molecule has 0 aliphatic carbocycles. The molecule has 0 heterocycles. The first-order valence-electron chi connectivity index (χ1n) is 9.85. The minimum absolute atomic E-state index is 0.187. The fourth-order valence-electron chi connectivity index (χ4n) is 2.50. The number of hydrogen-bond acceptors (Lipinski definition) is 5. The Hall–Kier alpha value is -1.43. The van der Waals surface area contributed by atoms with E-state index >= 15 is 0 Å². The largest absolute Gasteiger partial charge is 0.465 e. The molecule has 0 amide bonds. The average Bonchev–Trinajstić information content (AvgIpc) is 2.67. The second-order valence-electron chi connectivity index (χ2n) is 6.74. The van der Waals surface area contributed by atoms with Crippen molar-refractivity contribution in [2.75, 3.05) is 46.2 Å². The molecule has 5 nitrogen and oxygen atoms in total. The van der Waals surface area contributed by atoms with Gasteiger partial charge in [-0.15, -0.1) is 19.7 Å². The average molecular weight is 383 g/mol. The molecule has 0 fully saturated rings. The molecule has 27 heavy (non-hydrogen) atoms. The van der Waals surface area contributed by atoms with Gasteiger partial charge in [0, 0.05) is 6.42 Å². The van der Waals surface area contributed by atoms with Crippen molar-refractivity contribution in [2.24, 2.45) is 5.41 Å². The predicted molar refractivity (Wildman–Crippen MR) is 110 cm³/mol. The lowest BCUT2D eigenvalue weighted by molar-refractivity contribution is -0.155. The van der Waals surface area contributed by atoms with Crippen LogP contribution in [0, 0.1) is 5.41 Å². The summed E-state index contributed by atoms with van der Waals surface area (Å²) in [6.07, 6.45) is 11.0. The van der Waals surface area contributed by atoms with Gasteiger partial charge in [-0.3, -0.25) is 4.79 Å². The third-order valence-electron chi connectivity index (χ3n) is 3.96. The molecule has 0 aliphatic rings. The molecule has 5 heteroatoms. The molecule has 0 aromatic carbocycles. The van der Waals surface area contributed by atoms with Crippen LogP contribution in [0.25, 0.3) is 0 Å². The zero-order valence-electron chi connectivity index (χ0n) is 17.1. The van der Waals surface area contributed by atoms with Crippen LogP contribution in [0.4, 0.5) is 0 Å². The van der Waals surface area contributed by atoms with Gasteiger partial charge in [-0.25, -0.2) is 0 Å². The minimum Gasteiger partial charge on any atom is -0.465 e. The van der Waals surface area contributed by atoms with E-state index < -0.39 is 5.41 Å².